The van der Waals surface area contributed by atoms with E-state index in [1.165, 1.54) is 18.2 Å². The molecule has 4 atom stereocenters. The molecule has 2 bridgehead atoms. The molecule has 1 aliphatic carbocycles. The largest absolute Gasteiger partial charge is 0.573 e. The van der Waals surface area contributed by atoms with Crippen LogP contribution in [0.5, 0.6) is 17.5 Å². The SMILES string of the molecule is Cc1noc(C2C3CCC(CN2c2nc(Oc4cccc(OC(F)(F)F)c4)n(C(C)C)n2)C3N)n1. The van der Waals surface area contributed by atoms with Gasteiger partial charge >= 0.3 is 12.4 Å². The molecule has 0 amide bonds. The number of rotatable bonds is 6. The first-order chi connectivity index (χ1) is 16.6. The summed E-state index contributed by atoms with van der Waals surface area (Å²) in [6.45, 7) is 6.18. The summed E-state index contributed by atoms with van der Waals surface area (Å²) < 4.78 is 54.9. The number of fused-ring (bicyclic) bond motifs is 2. The number of alkyl halides is 3. The summed E-state index contributed by atoms with van der Waals surface area (Å²) in [5.74, 6) is 1.51. The molecule has 2 N–H and O–H groups in total. The van der Waals surface area contributed by atoms with Gasteiger partial charge < -0.3 is 24.6 Å². The second kappa shape index (κ2) is 8.70. The molecule has 0 spiro atoms. The molecule has 0 radical (unpaired) electrons. The van der Waals surface area contributed by atoms with Crippen LogP contribution >= 0.6 is 0 Å². The van der Waals surface area contributed by atoms with Gasteiger partial charge in [-0.05, 0) is 51.7 Å². The Hall–Kier alpha value is -3.35. The van der Waals surface area contributed by atoms with Gasteiger partial charge in [0.15, 0.2) is 5.82 Å². The van der Waals surface area contributed by atoms with Gasteiger partial charge in [-0.25, -0.2) is 4.68 Å². The number of hydrogen-bond donors (Lipinski definition) is 1. The predicted molar refractivity (Wildman–Crippen MR) is 117 cm³/mol. The number of hydrogen-bond acceptors (Lipinski definition) is 9. The van der Waals surface area contributed by atoms with Gasteiger partial charge in [-0.1, -0.05) is 11.2 Å². The average Bonchev–Trinajstić information content (AvgIpc) is 3.44. The molecule has 2 aliphatic rings. The maximum Gasteiger partial charge on any atom is 0.573 e. The minimum Gasteiger partial charge on any atom is -0.424 e. The lowest BCUT2D eigenvalue weighted by Crippen LogP contribution is -2.51. The quantitative estimate of drug-likeness (QED) is 0.540. The molecule has 1 saturated heterocycles. The van der Waals surface area contributed by atoms with Crippen LogP contribution in [0.4, 0.5) is 19.1 Å². The second-order valence-corrected chi connectivity index (χ2v) is 9.21. The second-order valence-electron chi connectivity index (χ2n) is 9.21. The number of ether oxygens (including phenoxy) is 2. The lowest BCUT2D eigenvalue weighted by Gasteiger charge is -2.41. The summed E-state index contributed by atoms with van der Waals surface area (Å²) in [6, 6.07) is 5.00. The maximum absolute atomic E-state index is 12.6. The highest BCUT2D eigenvalue weighted by Crippen LogP contribution is 2.47. The van der Waals surface area contributed by atoms with E-state index in [-0.39, 0.29) is 47.5 Å². The fourth-order valence-corrected chi connectivity index (χ4v) is 4.94. The molecule has 35 heavy (non-hydrogen) atoms. The van der Waals surface area contributed by atoms with E-state index in [9.17, 15) is 13.2 Å². The lowest BCUT2D eigenvalue weighted by atomic mass is 9.86. The Morgan fingerprint density at radius 1 is 1.17 bits per heavy atom. The van der Waals surface area contributed by atoms with E-state index < -0.39 is 6.36 Å². The number of benzene rings is 1. The summed E-state index contributed by atoms with van der Waals surface area (Å²) in [7, 11) is 0. The first-order valence-electron chi connectivity index (χ1n) is 11.4. The van der Waals surface area contributed by atoms with E-state index in [0.717, 1.165) is 18.9 Å². The third kappa shape index (κ3) is 4.64. The number of aryl methyl sites for hydroxylation is 1. The molecule has 1 aliphatic heterocycles. The van der Waals surface area contributed by atoms with Crippen LogP contribution in [0.2, 0.25) is 0 Å². The Morgan fingerprint density at radius 3 is 2.63 bits per heavy atom. The van der Waals surface area contributed by atoms with Gasteiger partial charge in [-0.15, -0.1) is 18.3 Å². The van der Waals surface area contributed by atoms with Crippen molar-refractivity contribution in [3.63, 3.8) is 0 Å². The summed E-state index contributed by atoms with van der Waals surface area (Å²) >= 11 is 0. The highest BCUT2D eigenvalue weighted by atomic mass is 19.4. The topological polar surface area (TPSA) is 117 Å². The first kappa shape index (κ1) is 23.4. The molecule has 2 fully saturated rings. The number of halogens is 3. The molecule has 188 valence electrons. The molecule has 3 aromatic rings. The van der Waals surface area contributed by atoms with Crippen LogP contribution in [0.1, 0.15) is 50.5 Å². The molecule has 5 rings (SSSR count). The predicted octanol–water partition coefficient (Wildman–Crippen LogP) is 4.16. The van der Waals surface area contributed by atoms with E-state index in [2.05, 4.69) is 25.0 Å². The van der Waals surface area contributed by atoms with Crippen molar-refractivity contribution < 1.29 is 27.2 Å². The molecule has 13 heteroatoms. The van der Waals surface area contributed by atoms with E-state index in [0.29, 0.717) is 24.2 Å². The minimum absolute atomic E-state index is 0.00253. The molecular formula is C22H26F3N7O3. The van der Waals surface area contributed by atoms with E-state index >= 15 is 0 Å². The van der Waals surface area contributed by atoms with Crippen molar-refractivity contribution in [2.45, 2.75) is 58.1 Å². The van der Waals surface area contributed by atoms with Gasteiger partial charge in [0.25, 0.3) is 0 Å². The van der Waals surface area contributed by atoms with Crippen molar-refractivity contribution in [1.29, 1.82) is 0 Å². The van der Waals surface area contributed by atoms with Crippen molar-refractivity contribution in [2.24, 2.45) is 17.6 Å². The Balaban J connectivity index is 1.48. The molecule has 1 saturated carbocycles. The van der Waals surface area contributed by atoms with Crippen molar-refractivity contribution in [2.75, 3.05) is 11.4 Å². The van der Waals surface area contributed by atoms with Gasteiger partial charge in [-0.3, -0.25) is 0 Å². The molecule has 2 aromatic heterocycles. The van der Waals surface area contributed by atoms with Gasteiger partial charge in [0, 0.05) is 24.6 Å². The highest BCUT2D eigenvalue weighted by Gasteiger charge is 2.50. The molecule has 10 nitrogen and oxygen atoms in total. The Kier molecular flexibility index (Phi) is 5.82. The zero-order valence-corrected chi connectivity index (χ0v) is 19.4. The smallest absolute Gasteiger partial charge is 0.424 e. The molecule has 4 unspecified atom stereocenters. The standard InChI is InChI=1S/C22H26F3N7O3/c1-11(2)32-21(33-14-5-4-6-15(9-14)34-22(23,24)25)28-20(29-32)31-10-13-7-8-16(17(13)26)18(31)19-27-12(3)30-35-19/h4-6,9,11,13,16-18H,7-8,10,26H2,1-3H3. The van der Waals surface area contributed by atoms with Gasteiger partial charge in [0.1, 0.15) is 17.5 Å². The van der Waals surface area contributed by atoms with E-state index in [1.54, 1.807) is 11.6 Å². The first-order valence-corrected chi connectivity index (χ1v) is 11.4. The summed E-state index contributed by atoms with van der Waals surface area (Å²) in [5, 5.41) is 8.63. The van der Waals surface area contributed by atoms with Crippen molar-refractivity contribution in [1.82, 2.24) is 24.9 Å². The zero-order valence-electron chi connectivity index (χ0n) is 19.4. The normalized spacial score (nSPS) is 24.3. The van der Waals surface area contributed by atoms with Crippen LogP contribution in [0.3, 0.4) is 0 Å². The third-order valence-electron chi connectivity index (χ3n) is 6.46. The van der Waals surface area contributed by atoms with E-state index in [4.69, 9.17) is 15.0 Å². The highest BCUT2D eigenvalue weighted by molar-refractivity contribution is 5.39. The Labute approximate surface area is 199 Å². The summed E-state index contributed by atoms with van der Waals surface area (Å²) in [5.41, 5.74) is 6.52. The maximum atomic E-state index is 12.6. The van der Waals surface area contributed by atoms with Gasteiger partial charge in [-0.2, -0.15) is 9.97 Å². The molecular weight excluding hydrogens is 467 g/mol. The molecule has 3 heterocycles. The average molecular weight is 493 g/mol. The van der Waals surface area contributed by atoms with Crippen LogP contribution in [0.25, 0.3) is 0 Å². The number of nitrogens with two attached hydrogens (primary N) is 1. The van der Waals surface area contributed by atoms with Crippen molar-refractivity contribution >= 4 is 5.95 Å². The van der Waals surface area contributed by atoms with Crippen LogP contribution in [-0.2, 0) is 0 Å². The number of nitrogens with zero attached hydrogens (tertiary/aromatic N) is 6. The zero-order chi connectivity index (χ0) is 24.9. The fraction of sp³-hybridized carbons (Fsp3) is 0.545. The van der Waals surface area contributed by atoms with Crippen LogP contribution < -0.4 is 20.1 Å². The monoisotopic (exact) mass is 493 g/mol. The summed E-state index contributed by atoms with van der Waals surface area (Å²) in [6.07, 6.45) is -2.90. The van der Waals surface area contributed by atoms with Crippen LogP contribution in [-0.4, -0.2) is 43.9 Å². The number of piperidine rings is 1. The lowest BCUT2D eigenvalue weighted by molar-refractivity contribution is -0.274. The van der Waals surface area contributed by atoms with Gasteiger partial charge in [0.05, 0.1) is 6.04 Å². The Morgan fingerprint density at radius 2 is 1.94 bits per heavy atom. The Bertz CT molecular complexity index is 1200. The van der Waals surface area contributed by atoms with Crippen LogP contribution in [0, 0.1) is 18.8 Å². The van der Waals surface area contributed by atoms with Crippen molar-refractivity contribution in [3.8, 4) is 17.5 Å². The van der Waals surface area contributed by atoms with Crippen LogP contribution in [0.15, 0.2) is 28.8 Å². The van der Waals surface area contributed by atoms with E-state index in [1.807, 2.05) is 18.7 Å². The number of anilines is 1. The molecule has 1 aromatic carbocycles. The van der Waals surface area contributed by atoms with Gasteiger partial charge in [0.2, 0.25) is 11.8 Å². The summed E-state index contributed by atoms with van der Waals surface area (Å²) in [4.78, 5) is 11.1. The van der Waals surface area contributed by atoms with Crippen molar-refractivity contribution in [3.05, 3.63) is 36.0 Å². The third-order valence-corrected chi connectivity index (χ3v) is 6.46. The fourth-order valence-electron chi connectivity index (χ4n) is 4.94. The number of aromatic nitrogens is 5. The minimum atomic E-state index is -4.81.